The highest BCUT2D eigenvalue weighted by Crippen LogP contribution is 2.35. The zero-order valence-corrected chi connectivity index (χ0v) is 15.5. The van der Waals surface area contributed by atoms with Crippen LogP contribution in [0.15, 0.2) is 23.1 Å². The number of fused-ring (bicyclic) bond motifs is 1. The molecule has 0 aliphatic carbocycles. The molecule has 0 radical (unpaired) electrons. The number of piperidine rings is 1. The number of methoxy groups -OCH3 is 1. The molecule has 1 aromatic carbocycles. The third-order valence-corrected chi connectivity index (χ3v) is 6.58. The van der Waals surface area contributed by atoms with Gasteiger partial charge in [0.05, 0.1) is 4.90 Å². The lowest BCUT2D eigenvalue weighted by Crippen LogP contribution is -2.55. The molecule has 8 heteroatoms. The van der Waals surface area contributed by atoms with Gasteiger partial charge in [-0.1, -0.05) is 13.0 Å². The molecule has 3 rings (SSSR count). The fourth-order valence-corrected chi connectivity index (χ4v) is 4.65. The average molecular weight is 367 g/mol. The van der Waals surface area contributed by atoms with Gasteiger partial charge in [-0.05, 0) is 50.0 Å². The minimum Gasteiger partial charge on any atom is -0.368 e. The zero-order valence-electron chi connectivity index (χ0n) is 14.7. The number of ether oxygens (including phenoxy) is 1. The molecule has 0 bridgehead atoms. The monoisotopic (exact) mass is 367 g/mol. The maximum absolute atomic E-state index is 13.2. The molecule has 0 unspecified atom stereocenters. The molecule has 1 aromatic rings. The van der Waals surface area contributed by atoms with E-state index in [9.17, 15) is 13.2 Å². The van der Waals surface area contributed by atoms with Crippen molar-refractivity contribution in [1.82, 2.24) is 10.0 Å². The SMILES string of the molecule is CCNS(=O)(=O)c1ccc2c(c1)N(C(=O)C1(OC)CCNCC1)CC2. The first-order valence-electron chi connectivity index (χ1n) is 8.64. The summed E-state index contributed by atoms with van der Waals surface area (Å²) < 4.78 is 32.7. The summed E-state index contributed by atoms with van der Waals surface area (Å²) in [6.45, 7) is 4.07. The van der Waals surface area contributed by atoms with Gasteiger partial charge in [0.2, 0.25) is 10.0 Å². The smallest absolute Gasteiger partial charge is 0.259 e. The average Bonchev–Trinajstić information content (AvgIpc) is 3.04. The summed E-state index contributed by atoms with van der Waals surface area (Å²) in [4.78, 5) is 15.1. The lowest BCUT2D eigenvalue weighted by molar-refractivity contribution is -0.143. The maximum Gasteiger partial charge on any atom is 0.259 e. The molecule has 2 aliphatic rings. The van der Waals surface area contributed by atoms with Crippen molar-refractivity contribution in [3.63, 3.8) is 0 Å². The summed E-state index contributed by atoms with van der Waals surface area (Å²) in [5.41, 5.74) is 0.839. The zero-order chi connectivity index (χ0) is 18.1. The molecule has 138 valence electrons. The number of nitrogens with one attached hydrogen (secondary N) is 2. The number of carbonyl (C=O) groups is 1. The lowest BCUT2D eigenvalue weighted by Gasteiger charge is -2.37. The van der Waals surface area contributed by atoms with Crippen LogP contribution < -0.4 is 14.9 Å². The van der Waals surface area contributed by atoms with Crippen molar-refractivity contribution in [2.75, 3.05) is 38.2 Å². The van der Waals surface area contributed by atoms with E-state index in [0.29, 0.717) is 31.6 Å². The summed E-state index contributed by atoms with van der Waals surface area (Å²) >= 11 is 0. The predicted octanol–water partition coefficient (Wildman–Crippen LogP) is 0.643. The fraction of sp³-hybridized carbons (Fsp3) is 0.588. The van der Waals surface area contributed by atoms with E-state index in [1.165, 1.54) is 0 Å². The summed E-state index contributed by atoms with van der Waals surface area (Å²) in [6, 6.07) is 5.00. The van der Waals surface area contributed by atoms with E-state index in [0.717, 1.165) is 25.1 Å². The van der Waals surface area contributed by atoms with Gasteiger partial charge in [-0.15, -0.1) is 0 Å². The van der Waals surface area contributed by atoms with Crippen molar-refractivity contribution in [1.29, 1.82) is 0 Å². The number of nitrogens with zero attached hydrogens (tertiary/aromatic N) is 1. The Balaban J connectivity index is 1.94. The number of sulfonamides is 1. The van der Waals surface area contributed by atoms with Crippen LogP contribution in [0.3, 0.4) is 0 Å². The number of anilines is 1. The molecule has 2 N–H and O–H groups in total. The molecule has 0 spiro atoms. The molecule has 1 amide bonds. The van der Waals surface area contributed by atoms with Crippen molar-refractivity contribution < 1.29 is 17.9 Å². The highest BCUT2D eigenvalue weighted by atomic mass is 32.2. The number of hydrogen-bond acceptors (Lipinski definition) is 5. The largest absolute Gasteiger partial charge is 0.368 e. The first-order chi connectivity index (χ1) is 11.9. The van der Waals surface area contributed by atoms with Gasteiger partial charge in [0.25, 0.3) is 5.91 Å². The second kappa shape index (κ2) is 7.03. The normalized spacial score (nSPS) is 19.7. The number of rotatable bonds is 5. The van der Waals surface area contributed by atoms with Crippen LogP contribution in [-0.2, 0) is 26.0 Å². The van der Waals surface area contributed by atoms with Crippen LogP contribution in [0.25, 0.3) is 0 Å². The Hall–Kier alpha value is -1.48. The molecule has 1 saturated heterocycles. The minimum absolute atomic E-state index is 0.0757. The second-order valence-corrected chi connectivity index (χ2v) is 8.21. The van der Waals surface area contributed by atoms with Crippen molar-refractivity contribution >= 4 is 21.6 Å². The van der Waals surface area contributed by atoms with Gasteiger partial charge in [0, 0.05) is 25.9 Å². The maximum atomic E-state index is 13.2. The Morgan fingerprint density at radius 1 is 1.36 bits per heavy atom. The van der Waals surface area contributed by atoms with E-state index in [2.05, 4.69) is 10.0 Å². The van der Waals surface area contributed by atoms with Gasteiger partial charge in [0.1, 0.15) is 5.60 Å². The number of benzene rings is 1. The molecule has 25 heavy (non-hydrogen) atoms. The number of amides is 1. The molecule has 7 nitrogen and oxygen atoms in total. The van der Waals surface area contributed by atoms with Crippen molar-refractivity contribution in [2.24, 2.45) is 0 Å². The number of hydrogen-bond donors (Lipinski definition) is 2. The molecular weight excluding hydrogens is 342 g/mol. The van der Waals surface area contributed by atoms with Crippen LogP contribution in [0.5, 0.6) is 0 Å². The van der Waals surface area contributed by atoms with E-state index in [1.807, 2.05) is 0 Å². The summed E-state index contributed by atoms with van der Waals surface area (Å²) in [6.07, 6.45) is 1.95. The third-order valence-electron chi connectivity index (χ3n) is 5.03. The molecule has 1 fully saturated rings. The van der Waals surface area contributed by atoms with Crippen molar-refractivity contribution in [3.05, 3.63) is 23.8 Å². The Bertz CT molecular complexity index is 757. The summed E-state index contributed by atoms with van der Waals surface area (Å²) in [5, 5.41) is 3.24. The van der Waals surface area contributed by atoms with Crippen LogP contribution in [0.1, 0.15) is 25.3 Å². The molecule has 2 heterocycles. The minimum atomic E-state index is -3.56. The number of carbonyl (C=O) groups excluding carboxylic acids is 1. The topological polar surface area (TPSA) is 87.7 Å². The molecule has 0 saturated carbocycles. The van der Waals surface area contributed by atoms with Gasteiger partial charge in [0.15, 0.2) is 0 Å². The first kappa shape index (κ1) is 18.3. The van der Waals surface area contributed by atoms with Crippen LogP contribution in [0.2, 0.25) is 0 Å². The van der Waals surface area contributed by atoms with Crippen LogP contribution in [-0.4, -0.2) is 53.2 Å². The Kier molecular flexibility index (Phi) is 5.15. The lowest BCUT2D eigenvalue weighted by atomic mass is 9.90. The van der Waals surface area contributed by atoms with Gasteiger partial charge in [-0.3, -0.25) is 4.79 Å². The van der Waals surface area contributed by atoms with E-state index >= 15 is 0 Å². The first-order valence-corrected chi connectivity index (χ1v) is 10.1. The van der Waals surface area contributed by atoms with E-state index in [-0.39, 0.29) is 10.8 Å². The van der Waals surface area contributed by atoms with Crippen molar-refractivity contribution in [3.8, 4) is 0 Å². The quantitative estimate of drug-likeness (QED) is 0.798. The van der Waals surface area contributed by atoms with Gasteiger partial charge in [-0.2, -0.15) is 0 Å². The molecule has 0 aromatic heterocycles. The molecule has 2 aliphatic heterocycles. The van der Waals surface area contributed by atoms with Crippen LogP contribution in [0, 0.1) is 0 Å². The van der Waals surface area contributed by atoms with Gasteiger partial charge < -0.3 is 15.0 Å². The van der Waals surface area contributed by atoms with Crippen molar-refractivity contribution in [2.45, 2.75) is 36.7 Å². The predicted molar refractivity (Wildman–Crippen MR) is 95.2 cm³/mol. The second-order valence-electron chi connectivity index (χ2n) is 6.45. The molecular formula is C17H25N3O4S. The van der Waals surface area contributed by atoms with Crippen LogP contribution >= 0.6 is 0 Å². The van der Waals surface area contributed by atoms with E-state index in [4.69, 9.17) is 4.74 Å². The Morgan fingerprint density at radius 2 is 2.08 bits per heavy atom. The van der Waals surface area contributed by atoms with Gasteiger partial charge in [-0.25, -0.2) is 13.1 Å². The Labute approximate surface area is 148 Å². The highest BCUT2D eigenvalue weighted by molar-refractivity contribution is 7.89. The summed E-state index contributed by atoms with van der Waals surface area (Å²) in [7, 11) is -1.98. The van der Waals surface area contributed by atoms with E-state index < -0.39 is 15.6 Å². The third kappa shape index (κ3) is 3.31. The Morgan fingerprint density at radius 3 is 2.72 bits per heavy atom. The summed E-state index contributed by atoms with van der Waals surface area (Å²) in [5.74, 6) is -0.0757. The van der Waals surface area contributed by atoms with Crippen LogP contribution in [0.4, 0.5) is 5.69 Å². The highest BCUT2D eigenvalue weighted by Gasteiger charge is 2.44. The van der Waals surface area contributed by atoms with E-state index in [1.54, 1.807) is 37.1 Å². The fourth-order valence-electron chi connectivity index (χ4n) is 3.59. The standard InChI is InChI=1S/C17H25N3O4S/c1-3-19-25(22,23)14-5-4-13-6-11-20(15(13)12-14)16(21)17(24-2)7-9-18-10-8-17/h4-5,12,18-19H,3,6-11H2,1-2H3. The molecule has 0 atom stereocenters. The van der Waals surface area contributed by atoms with Gasteiger partial charge >= 0.3 is 0 Å².